The predicted octanol–water partition coefficient (Wildman–Crippen LogP) is 30.2. The van der Waals surface area contributed by atoms with Gasteiger partial charge in [-0.15, -0.1) is 0 Å². The van der Waals surface area contributed by atoms with Gasteiger partial charge in [0.05, 0.1) is 23.3 Å². The number of nitriles is 2. The number of hydrogen-bond acceptors (Lipinski definition) is 8. The smallest absolute Gasteiger partial charge is 0.164 e. The van der Waals surface area contributed by atoms with Crippen LogP contribution in [0.3, 0.4) is 0 Å². The second-order valence-corrected chi connectivity index (χ2v) is 32.0. The van der Waals surface area contributed by atoms with Gasteiger partial charge >= 0.3 is 0 Å². The lowest BCUT2D eigenvalue weighted by atomic mass is 9.84. The zero-order chi connectivity index (χ0) is 83.7. The van der Waals surface area contributed by atoms with Gasteiger partial charge in [-0.3, -0.25) is 0 Å². The number of fused-ring (bicyclic) bond motifs is 9. The summed E-state index contributed by atoms with van der Waals surface area (Å²) in [4.78, 5) is 29.5. The molecule has 0 bridgehead atoms. The highest BCUT2D eigenvalue weighted by Gasteiger charge is 2.29. The largest absolute Gasteiger partial charge is 0.208 e. The van der Waals surface area contributed by atoms with E-state index in [0.29, 0.717) is 46.1 Å². The minimum absolute atomic E-state index is 0.629. The maximum atomic E-state index is 10.1. The van der Waals surface area contributed by atoms with Crippen LogP contribution in [0.2, 0.25) is 0 Å². The molecule has 0 saturated heterocycles. The molecule has 0 saturated carbocycles. The molecular formula is C118H70N8. The van der Waals surface area contributed by atoms with E-state index in [1.807, 2.05) is 146 Å². The molecule has 0 unspecified atom stereocenters. The van der Waals surface area contributed by atoms with Crippen molar-refractivity contribution in [2.75, 3.05) is 0 Å². The third kappa shape index (κ3) is 12.8. The molecule has 2 aliphatic carbocycles. The summed E-state index contributed by atoms with van der Waals surface area (Å²) in [6.45, 7) is 0. The van der Waals surface area contributed by atoms with Crippen LogP contribution in [0.4, 0.5) is 0 Å². The van der Waals surface area contributed by atoms with E-state index in [1.54, 1.807) is 0 Å². The Morgan fingerprint density at radius 1 is 0.127 bits per heavy atom. The molecule has 20 aromatic carbocycles. The molecule has 22 aromatic rings. The highest BCUT2D eigenvalue weighted by Crippen LogP contribution is 2.56. The fourth-order valence-corrected chi connectivity index (χ4v) is 19.0. The molecule has 582 valence electrons. The van der Waals surface area contributed by atoms with Gasteiger partial charge in [0.2, 0.25) is 0 Å². The summed E-state index contributed by atoms with van der Waals surface area (Å²) >= 11 is 0. The lowest BCUT2D eigenvalue weighted by Gasteiger charge is -2.18. The Morgan fingerprint density at radius 2 is 0.317 bits per heavy atom. The minimum Gasteiger partial charge on any atom is -0.208 e. The van der Waals surface area contributed by atoms with E-state index in [2.05, 4.69) is 291 Å². The summed E-state index contributed by atoms with van der Waals surface area (Å²) in [5.41, 5.74) is 33.1. The van der Waals surface area contributed by atoms with Gasteiger partial charge in [-0.25, -0.2) is 29.9 Å². The van der Waals surface area contributed by atoms with Gasteiger partial charge in [0.25, 0.3) is 0 Å². The van der Waals surface area contributed by atoms with Crippen molar-refractivity contribution in [2.45, 2.75) is 0 Å². The van der Waals surface area contributed by atoms with Gasteiger partial charge in [-0.1, -0.05) is 413 Å². The van der Waals surface area contributed by atoms with E-state index >= 15 is 0 Å². The third-order valence-electron chi connectivity index (χ3n) is 25.0. The lowest BCUT2D eigenvalue weighted by molar-refractivity contribution is 1.07. The first-order valence-electron chi connectivity index (χ1n) is 42.3. The standard InChI is InChI=1S/C60H36N4.C58H34N4/c61-37-46-15-9-19-49-47(46)18-10-20-52(49)53-35-36-55-51-17-8-7-16-50(51)54-34-33-48(56(53)57(54)55)42-29-25-40(26-30-42)38-21-23-39(24-22-38)41-27-31-45(32-28-41)60-63-58(43-11-3-1-4-12-43)62-59(64-60)44-13-5-2-6-14-44;59-35-40-17-11-23-44-41(40)22-12-24-48(44)52-32-31-50-46-20-9-10-21-47(46)51-33-34-53(55(52)54(50)51)49-30-29-42(43-18-7-8-19-45(43)49)36-25-27-39(28-26-36)58-61-56(37-13-3-1-4-14-37)60-57(62-58)38-15-5-2-6-16-38/h1-36H;1-34H. The van der Waals surface area contributed by atoms with Crippen molar-refractivity contribution in [1.29, 1.82) is 10.5 Å². The second kappa shape index (κ2) is 31.1. The van der Waals surface area contributed by atoms with Crippen LogP contribution in [0, 0.1) is 22.7 Å². The molecule has 126 heavy (non-hydrogen) atoms. The molecule has 2 heterocycles. The van der Waals surface area contributed by atoms with Crippen molar-refractivity contribution in [3.63, 3.8) is 0 Å². The number of aromatic nitrogens is 6. The topological polar surface area (TPSA) is 125 Å². The average molecular weight is 1600 g/mol. The quantitative estimate of drug-likeness (QED) is 0.112. The zero-order valence-electron chi connectivity index (χ0n) is 68.0. The van der Waals surface area contributed by atoms with E-state index in [0.717, 1.165) is 111 Å². The molecule has 0 fully saturated rings. The fraction of sp³-hybridized carbons (Fsp3) is 0. The molecule has 0 amide bonds. The Morgan fingerprint density at radius 3 is 0.643 bits per heavy atom. The minimum atomic E-state index is 0.629. The summed E-state index contributed by atoms with van der Waals surface area (Å²) < 4.78 is 0. The molecule has 2 aromatic heterocycles. The Kier molecular flexibility index (Phi) is 18.2. The van der Waals surface area contributed by atoms with Gasteiger partial charge < -0.3 is 0 Å². The summed E-state index contributed by atoms with van der Waals surface area (Å²) in [5, 5.41) is 31.5. The van der Waals surface area contributed by atoms with Crippen LogP contribution >= 0.6 is 0 Å². The molecule has 0 atom stereocenters. The molecule has 2 aliphatic rings. The van der Waals surface area contributed by atoms with Gasteiger partial charge in [0.1, 0.15) is 0 Å². The van der Waals surface area contributed by atoms with Gasteiger partial charge in [0, 0.05) is 44.2 Å². The number of rotatable bonds is 13. The van der Waals surface area contributed by atoms with Crippen LogP contribution < -0.4 is 0 Å². The second-order valence-electron chi connectivity index (χ2n) is 32.0. The fourth-order valence-electron chi connectivity index (χ4n) is 19.0. The van der Waals surface area contributed by atoms with Crippen molar-refractivity contribution in [1.82, 2.24) is 29.9 Å². The predicted molar refractivity (Wildman–Crippen MR) is 516 cm³/mol. The number of nitrogens with zero attached hydrogens (tertiary/aromatic N) is 8. The monoisotopic (exact) mass is 1600 g/mol. The first-order chi connectivity index (χ1) is 62.4. The Bertz CT molecular complexity index is 8050. The summed E-state index contributed by atoms with van der Waals surface area (Å²) in [6.07, 6.45) is 0. The van der Waals surface area contributed by atoms with E-state index in [1.165, 1.54) is 99.1 Å². The molecule has 0 aliphatic heterocycles. The van der Waals surface area contributed by atoms with Crippen LogP contribution in [-0.2, 0) is 0 Å². The maximum Gasteiger partial charge on any atom is 0.164 e. The van der Waals surface area contributed by atoms with E-state index in [9.17, 15) is 10.5 Å². The van der Waals surface area contributed by atoms with Crippen molar-refractivity contribution in [3.8, 4) is 203 Å². The highest BCUT2D eigenvalue weighted by molar-refractivity contribution is 6.27. The molecule has 0 spiro atoms. The first-order valence-corrected chi connectivity index (χ1v) is 42.3. The summed E-state index contributed by atoms with van der Waals surface area (Å²) in [7, 11) is 0. The molecule has 8 nitrogen and oxygen atoms in total. The van der Waals surface area contributed by atoms with Crippen LogP contribution in [0.1, 0.15) is 11.1 Å². The summed E-state index contributed by atoms with van der Waals surface area (Å²) in [6, 6.07) is 154. The number of benzene rings is 20. The first kappa shape index (κ1) is 73.8. The van der Waals surface area contributed by atoms with Crippen molar-refractivity contribution >= 4 is 53.9 Å². The zero-order valence-corrected chi connectivity index (χ0v) is 68.0. The van der Waals surface area contributed by atoms with E-state index < -0.39 is 0 Å². The van der Waals surface area contributed by atoms with E-state index in [4.69, 9.17) is 29.9 Å². The van der Waals surface area contributed by atoms with Crippen LogP contribution in [0.25, 0.3) is 245 Å². The van der Waals surface area contributed by atoms with Crippen molar-refractivity contribution in [2.24, 2.45) is 0 Å². The van der Waals surface area contributed by atoms with Crippen LogP contribution in [0.15, 0.2) is 425 Å². The molecule has 24 rings (SSSR count). The van der Waals surface area contributed by atoms with E-state index in [-0.39, 0.29) is 0 Å². The Balaban J connectivity index is 0.000000145. The van der Waals surface area contributed by atoms with Crippen molar-refractivity contribution in [3.05, 3.63) is 436 Å². The molecule has 0 N–H and O–H groups in total. The van der Waals surface area contributed by atoms with Gasteiger partial charge in [-0.05, 0) is 178 Å². The van der Waals surface area contributed by atoms with Crippen LogP contribution in [0.5, 0.6) is 0 Å². The lowest BCUT2D eigenvalue weighted by Crippen LogP contribution is -2.00. The average Bonchev–Trinajstić information content (AvgIpc) is 1.56. The van der Waals surface area contributed by atoms with Crippen molar-refractivity contribution < 1.29 is 0 Å². The summed E-state index contributed by atoms with van der Waals surface area (Å²) in [5.74, 6) is 3.85. The Labute approximate surface area is 728 Å². The Hall–Kier alpha value is -17.3. The highest BCUT2D eigenvalue weighted by atomic mass is 15.0. The third-order valence-corrected chi connectivity index (χ3v) is 25.0. The maximum absolute atomic E-state index is 10.1. The number of hydrogen-bond donors (Lipinski definition) is 0. The van der Waals surface area contributed by atoms with Gasteiger partial charge in [-0.2, -0.15) is 10.5 Å². The normalized spacial score (nSPS) is 11.5. The molecule has 8 heteroatoms. The SMILES string of the molecule is N#Cc1cccc2c(-c3ccc4c5c(ccc(-c6ccc(-c7ccc(-c8ccc(-c9nc(-c%10ccccc%10)nc(-c%10ccccc%10)n9)cc8)cc7)cc6)c35)-c3ccccc3-4)cccc12.N#Cc1cccc2c(-c3ccc4c5c(ccc(-c6ccc(-c7ccc(-c8nc(-c9ccccc9)nc(-c9ccccc9)n8)cc7)c7ccccc67)c35)-c3ccccc3-4)cccc12. The van der Waals surface area contributed by atoms with Gasteiger partial charge in [0.15, 0.2) is 34.9 Å². The molecular weight excluding hydrogens is 1530 g/mol. The van der Waals surface area contributed by atoms with Crippen LogP contribution in [-0.4, -0.2) is 29.9 Å². The molecule has 0 radical (unpaired) electrons.